The summed E-state index contributed by atoms with van der Waals surface area (Å²) >= 11 is 1.50. The number of carbonyl (C=O) groups excluding carboxylic acids is 1. The van der Waals surface area contributed by atoms with E-state index >= 15 is 0 Å². The Morgan fingerprint density at radius 3 is 2.67 bits per heavy atom. The van der Waals surface area contributed by atoms with E-state index in [2.05, 4.69) is 0 Å². The predicted molar refractivity (Wildman–Crippen MR) is 106 cm³/mol. The number of nitrogens with two attached hydrogens (primary N) is 1. The summed E-state index contributed by atoms with van der Waals surface area (Å²) in [5.74, 6) is -0.799. The van der Waals surface area contributed by atoms with Crippen LogP contribution in [-0.4, -0.2) is 29.3 Å². The first-order valence-corrected chi connectivity index (χ1v) is 9.29. The van der Waals surface area contributed by atoms with Gasteiger partial charge in [-0.3, -0.25) is 4.79 Å². The van der Waals surface area contributed by atoms with Crippen LogP contribution < -0.4 is 10.5 Å². The van der Waals surface area contributed by atoms with Crippen molar-refractivity contribution >= 4 is 22.9 Å². The van der Waals surface area contributed by atoms with Gasteiger partial charge in [0.15, 0.2) is 4.80 Å². The maximum atomic E-state index is 11.6. The summed E-state index contributed by atoms with van der Waals surface area (Å²) in [5.41, 5.74) is 9.15. The van der Waals surface area contributed by atoms with Crippen LogP contribution >= 0.6 is 11.3 Å². The molecule has 0 saturated heterocycles. The molecule has 3 aromatic rings. The van der Waals surface area contributed by atoms with Gasteiger partial charge in [-0.05, 0) is 37.3 Å². The van der Waals surface area contributed by atoms with Crippen molar-refractivity contribution in [2.24, 2.45) is 10.7 Å². The largest absolute Gasteiger partial charge is 0.507 e. The van der Waals surface area contributed by atoms with Gasteiger partial charge >= 0.3 is 0 Å². The quantitative estimate of drug-likeness (QED) is 0.685. The van der Waals surface area contributed by atoms with Crippen LogP contribution in [0.2, 0.25) is 0 Å². The number of hydrogen-bond donors (Lipinski definition) is 2. The van der Waals surface area contributed by atoms with E-state index in [9.17, 15) is 9.90 Å². The van der Waals surface area contributed by atoms with Crippen molar-refractivity contribution < 1.29 is 14.6 Å². The van der Waals surface area contributed by atoms with Gasteiger partial charge in [0.1, 0.15) is 5.75 Å². The summed E-state index contributed by atoms with van der Waals surface area (Å²) < 4.78 is 7.27. The average Bonchev–Trinajstić information content (AvgIpc) is 3.04. The Kier molecular flexibility index (Phi) is 5.73. The molecule has 7 heteroatoms. The Balaban J connectivity index is 2.11. The van der Waals surface area contributed by atoms with Gasteiger partial charge in [0.25, 0.3) is 5.91 Å². The lowest BCUT2D eigenvalue weighted by atomic mass is 10.1. The van der Waals surface area contributed by atoms with Crippen molar-refractivity contribution in [2.75, 3.05) is 13.7 Å². The van der Waals surface area contributed by atoms with E-state index in [1.807, 2.05) is 41.1 Å². The normalized spacial score (nSPS) is 11.7. The Morgan fingerprint density at radius 1 is 1.26 bits per heavy atom. The van der Waals surface area contributed by atoms with Crippen molar-refractivity contribution in [3.63, 3.8) is 0 Å². The molecule has 6 nitrogen and oxygen atoms in total. The van der Waals surface area contributed by atoms with E-state index in [1.165, 1.54) is 23.0 Å². The van der Waals surface area contributed by atoms with Gasteiger partial charge in [0, 0.05) is 24.6 Å². The third-order valence-electron chi connectivity index (χ3n) is 4.13. The zero-order valence-corrected chi connectivity index (χ0v) is 16.0. The van der Waals surface area contributed by atoms with Crippen LogP contribution in [0.15, 0.2) is 52.8 Å². The van der Waals surface area contributed by atoms with E-state index in [0.717, 1.165) is 21.7 Å². The Labute approximate surface area is 161 Å². The molecule has 3 rings (SSSR count). The number of rotatable bonds is 6. The number of methoxy groups -OCH3 is 1. The number of aromatic hydroxyl groups is 1. The van der Waals surface area contributed by atoms with E-state index in [4.69, 9.17) is 15.5 Å². The Morgan fingerprint density at radius 2 is 2.00 bits per heavy atom. The van der Waals surface area contributed by atoms with Crippen LogP contribution in [0.5, 0.6) is 5.75 Å². The number of ether oxygens (including phenoxy) is 1. The zero-order valence-electron chi connectivity index (χ0n) is 15.2. The lowest BCUT2D eigenvalue weighted by Gasteiger charge is -2.10. The van der Waals surface area contributed by atoms with Gasteiger partial charge in [-0.15, -0.1) is 11.3 Å². The minimum absolute atomic E-state index is 0.0917. The summed E-state index contributed by atoms with van der Waals surface area (Å²) in [5, 5.41) is 11.8. The van der Waals surface area contributed by atoms with Crippen molar-refractivity contribution in [1.29, 1.82) is 0 Å². The fraction of sp³-hybridized carbons (Fsp3) is 0.200. The maximum absolute atomic E-state index is 11.6. The number of carbonyl (C=O) groups is 1. The zero-order chi connectivity index (χ0) is 19.4. The highest BCUT2D eigenvalue weighted by Gasteiger charge is 2.13. The molecule has 0 aliphatic heterocycles. The van der Waals surface area contributed by atoms with Gasteiger partial charge < -0.3 is 20.1 Å². The average molecular weight is 383 g/mol. The number of nitrogens with zero attached hydrogens (tertiary/aromatic N) is 2. The fourth-order valence-corrected chi connectivity index (χ4v) is 3.63. The van der Waals surface area contributed by atoms with Crippen LogP contribution in [0.25, 0.3) is 11.3 Å². The van der Waals surface area contributed by atoms with Crippen LogP contribution in [0.1, 0.15) is 15.9 Å². The predicted octanol–water partition coefficient (Wildman–Crippen LogP) is 3.21. The molecular formula is C20H21N3O3S. The standard InChI is InChI=1S/C20H21N3O3S/c1-13-3-6-15(7-4-13)22-20-23(9-10-26-2)17(12-27-20)14-5-8-18(24)16(11-14)19(21)25/h3-8,11-12,24H,9-10H2,1-2H3,(H2,21,25). The molecule has 1 amide bonds. The number of aromatic nitrogens is 1. The highest BCUT2D eigenvalue weighted by Crippen LogP contribution is 2.26. The number of benzene rings is 2. The van der Waals surface area contributed by atoms with Crippen molar-refractivity contribution in [1.82, 2.24) is 4.57 Å². The van der Waals surface area contributed by atoms with Crippen LogP contribution in [0.4, 0.5) is 5.69 Å². The number of phenols is 1. The highest BCUT2D eigenvalue weighted by molar-refractivity contribution is 7.07. The summed E-state index contributed by atoms with van der Waals surface area (Å²) in [6.07, 6.45) is 0. The highest BCUT2D eigenvalue weighted by atomic mass is 32.1. The van der Waals surface area contributed by atoms with Gasteiger partial charge in [-0.1, -0.05) is 17.7 Å². The molecule has 27 heavy (non-hydrogen) atoms. The lowest BCUT2D eigenvalue weighted by molar-refractivity contribution is 0.0998. The molecule has 0 atom stereocenters. The molecule has 0 fully saturated rings. The minimum atomic E-state index is -0.669. The molecule has 0 bridgehead atoms. The first-order valence-electron chi connectivity index (χ1n) is 8.41. The third kappa shape index (κ3) is 4.27. The first kappa shape index (κ1) is 18.9. The molecule has 3 N–H and O–H groups in total. The monoisotopic (exact) mass is 383 g/mol. The summed E-state index contributed by atoms with van der Waals surface area (Å²) in [4.78, 5) is 17.1. The number of thiazole rings is 1. The second kappa shape index (κ2) is 8.20. The second-order valence-corrected chi connectivity index (χ2v) is 6.93. The molecule has 140 valence electrons. The summed E-state index contributed by atoms with van der Waals surface area (Å²) in [6, 6.07) is 12.8. The van der Waals surface area contributed by atoms with Crippen LogP contribution in [-0.2, 0) is 11.3 Å². The van der Waals surface area contributed by atoms with Crippen molar-refractivity contribution in [3.8, 4) is 17.0 Å². The Hall–Kier alpha value is -2.90. The van der Waals surface area contributed by atoms with E-state index < -0.39 is 5.91 Å². The molecule has 0 saturated carbocycles. The van der Waals surface area contributed by atoms with Gasteiger partial charge in [0.2, 0.25) is 0 Å². The lowest BCUT2D eigenvalue weighted by Crippen LogP contribution is -2.18. The number of amides is 1. The second-order valence-electron chi connectivity index (χ2n) is 6.09. The number of primary amides is 1. The summed E-state index contributed by atoms with van der Waals surface area (Å²) in [7, 11) is 1.65. The summed E-state index contributed by atoms with van der Waals surface area (Å²) in [6.45, 7) is 3.16. The van der Waals surface area contributed by atoms with Crippen LogP contribution in [0, 0.1) is 6.92 Å². The smallest absolute Gasteiger partial charge is 0.252 e. The molecule has 0 radical (unpaired) electrons. The fourth-order valence-electron chi connectivity index (χ4n) is 2.67. The number of hydrogen-bond acceptors (Lipinski definition) is 5. The van der Waals surface area contributed by atoms with E-state index in [0.29, 0.717) is 13.2 Å². The molecule has 0 aliphatic rings. The third-order valence-corrected chi connectivity index (χ3v) is 5.00. The van der Waals surface area contributed by atoms with E-state index in [1.54, 1.807) is 19.2 Å². The van der Waals surface area contributed by atoms with Crippen molar-refractivity contribution in [2.45, 2.75) is 13.5 Å². The Bertz CT molecular complexity index is 1020. The van der Waals surface area contributed by atoms with Gasteiger partial charge in [-0.2, -0.15) is 0 Å². The van der Waals surface area contributed by atoms with Gasteiger partial charge in [-0.25, -0.2) is 4.99 Å². The van der Waals surface area contributed by atoms with Crippen molar-refractivity contribution in [3.05, 3.63) is 63.8 Å². The molecule has 0 aliphatic carbocycles. The first-order chi connectivity index (χ1) is 13.0. The molecule has 0 unspecified atom stereocenters. The molecule has 1 aromatic heterocycles. The van der Waals surface area contributed by atoms with Gasteiger partial charge in [0.05, 0.1) is 23.6 Å². The molecule has 2 aromatic carbocycles. The molecule has 1 heterocycles. The van der Waals surface area contributed by atoms with E-state index in [-0.39, 0.29) is 11.3 Å². The minimum Gasteiger partial charge on any atom is -0.507 e. The number of aryl methyl sites for hydroxylation is 1. The van der Waals surface area contributed by atoms with Crippen LogP contribution in [0.3, 0.4) is 0 Å². The topological polar surface area (TPSA) is 89.8 Å². The maximum Gasteiger partial charge on any atom is 0.252 e. The molecular weight excluding hydrogens is 362 g/mol. The molecule has 0 spiro atoms. The SMILES string of the molecule is COCCn1c(-c2ccc(O)c(C(N)=O)c2)csc1=Nc1ccc(C)cc1.